The van der Waals surface area contributed by atoms with Gasteiger partial charge in [-0.05, 0) is 59.5 Å². The van der Waals surface area contributed by atoms with Crippen LogP contribution >= 0.6 is 11.6 Å². The molecule has 0 saturated heterocycles. The third kappa shape index (κ3) is 6.02. The molecule has 3 aromatic carbocycles. The van der Waals surface area contributed by atoms with Gasteiger partial charge in [-0.1, -0.05) is 73.3 Å². The van der Waals surface area contributed by atoms with Crippen LogP contribution in [0, 0.1) is 0 Å². The first kappa shape index (κ1) is 27.9. The van der Waals surface area contributed by atoms with E-state index in [-0.39, 0.29) is 11.9 Å². The minimum absolute atomic E-state index is 0.154. The highest BCUT2D eigenvalue weighted by Crippen LogP contribution is 2.31. The first-order valence-corrected chi connectivity index (χ1v) is 14.9. The second-order valence-electron chi connectivity index (χ2n) is 10.8. The van der Waals surface area contributed by atoms with Crippen LogP contribution in [0.25, 0.3) is 33.5 Å². The average Bonchev–Trinajstić information content (AvgIpc) is 3.46. The van der Waals surface area contributed by atoms with E-state index in [4.69, 9.17) is 26.4 Å². The topological polar surface area (TPSA) is 73.1 Å². The van der Waals surface area contributed by atoms with Gasteiger partial charge >= 0.3 is 0 Å². The normalized spacial score (nSPS) is 13.8. The van der Waals surface area contributed by atoms with Gasteiger partial charge < -0.3 is 9.64 Å². The van der Waals surface area contributed by atoms with E-state index in [2.05, 4.69) is 34.1 Å². The van der Waals surface area contributed by atoms with Crippen molar-refractivity contribution in [3.8, 4) is 28.5 Å². The lowest BCUT2D eigenvalue weighted by Gasteiger charge is -2.34. The van der Waals surface area contributed by atoms with Gasteiger partial charge in [0, 0.05) is 36.1 Å². The summed E-state index contributed by atoms with van der Waals surface area (Å²) < 4.78 is 7.26. The fourth-order valence-electron chi connectivity index (χ4n) is 5.96. The number of halogens is 1. The van der Waals surface area contributed by atoms with Crippen molar-refractivity contribution in [2.75, 3.05) is 13.7 Å². The molecule has 2 aromatic heterocycles. The number of hydrogen-bond acceptors (Lipinski definition) is 5. The van der Waals surface area contributed by atoms with Gasteiger partial charge in [0.15, 0.2) is 11.6 Å². The number of methoxy groups -OCH3 is 1. The predicted molar refractivity (Wildman–Crippen MR) is 166 cm³/mol. The molecule has 0 atom stereocenters. The molecule has 7 nitrogen and oxygen atoms in total. The lowest BCUT2D eigenvalue weighted by atomic mass is 9.93. The molecule has 5 aromatic rings. The summed E-state index contributed by atoms with van der Waals surface area (Å²) in [6.07, 6.45) is 9.42. The molecule has 1 amide bonds. The Labute approximate surface area is 251 Å². The highest BCUT2D eigenvalue weighted by molar-refractivity contribution is 6.32. The Balaban J connectivity index is 1.31. The van der Waals surface area contributed by atoms with Crippen molar-refractivity contribution < 1.29 is 9.53 Å². The summed E-state index contributed by atoms with van der Waals surface area (Å²) in [5.41, 5.74) is 2.77. The number of benzene rings is 3. The molecule has 0 unspecified atom stereocenters. The molecular weight excluding hydrogens is 546 g/mol. The number of ether oxygens (including phenoxy) is 1. The molecule has 0 N–H and O–H groups in total. The predicted octanol–water partition coefficient (Wildman–Crippen LogP) is 7.23. The van der Waals surface area contributed by atoms with Crippen molar-refractivity contribution in [2.24, 2.45) is 0 Å². The number of carbonyl (C=O) groups is 1. The van der Waals surface area contributed by atoms with Crippen molar-refractivity contribution in [2.45, 2.75) is 51.1 Å². The number of pyridine rings is 1. The summed E-state index contributed by atoms with van der Waals surface area (Å²) in [4.78, 5) is 25.2. The third-order valence-electron chi connectivity index (χ3n) is 8.13. The number of carbonyl (C=O) groups excluding carboxylic acids is 1. The Morgan fingerprint density at radius 1 is 0.976 bits per heavy atom. The van der Waals surface area contributed by atoms with Crippen molar-refractivity contribution in [3.05, 3.63) is 95.8 Å². The molecule has 42 heavy (non-hydrogen) atoms. The Hall–Kier alpha value is -4.23. The van der Waals surface area contributed by atoms with Gasteiger partial charge in [-0.2, -0.15) is 5.10 Å². The summed E-state index contributed by atoms with van der Waals surface area (Å²) in [7, 11) is 1.60. The monoisotopic (exact) mass is 579 g/mol. The zero-order chi connectivity index (χ0) is 28.9. The van der Waals surface area contributed by atoms with Crippen molar-refractivity contribution in [3.63, 3.8) is 0 Å². The number of fused-ring (bicyclic) bond motifs is 1. The summed E-state index contributed by atoms with van der Waals surface area (Å²) >= 11 is 6.50. The van der Waals surface area contributed by atoms with E-state index in [1.807, 2.05) is 53.2 Å². The summed E-state index contributed by atoms with van der Waals surface area (Å²) in [6.45, 7) is 1.05. The maximum atomic E-state index is 14.0. The van der Waals surface area contributed by atoms with Crippen LogP contribution in [0.1, 0.15) is 37.7 Å². The highest BCUT2D eigenvalue weighted by atomic mass is 35.5. The maximum Gasteiger partial charge on any atom is 0.227 e. The molecule has 8 heteroatoms. The first-order valence-electron chi connectivity index (χ1n) is 14.6. The molecule has 0 bridgehead atoms. The van der Waals surface area contributed by atoms with Gasteiger partial charge in [0.25, 0.3) is 0 Å². The fraction of sp³-hybridized carbons (Fsp3) is 0.294. The van der Waals surface area contributed by atoms with Crippen molar-refractivity contribution in [1.29, 1.82) is 0 Å². The Morgan fingerprint density at radius 3 is 2.55 bits per heavy atom. The zero-order valence-electron chi connectivity index (χ0n) is 23.7. The molecule has 1 aliphatic rings. The van der Waals surface area contributed by atoms with Gasteiger partial charge in [-0.3, -0.25) is 9.78 Å². The minimum atomic E-state index is 0.154. The maximum absolute atomic E-state index is 14.0. The Kier molecular flexibility index (Phi) is 8.47. The molecule has 0 spiro atoms. The van der Waals surface area contributed by atoms with E-state index in [1.165, 1.54) is 6.42 Å². The van der Waals surface area contributed by atoms with Crippen LogP contribution in [0.5, 0.6) is 5.75 Å². The molecule has 214 valence electrons. The average molecular weight is 580 g/mol. The van der Waals surface area contributed by atoms with Crippen LogP contribution in [-0.2, 0) is 17.8 Å². The van der Waals surface area contributed by atoms with Gasteiger partial charge in [-0.25, -0.2) is 9.67 Å². The number of amides is 1. The molecule has 0 aliphatic heterocycles. The van der Waals surface area contributed by atoms with Crippen LogP contribution in [0.2, 0.25) is 5.02 Å². The largest absolute Gasteiger partial charge is 0.495 e. The van der Waals surface area contributed by atoms with Gasteiger partial charge in [0.05, 0.1) is 25.1 Å². The lowest BCUT2D eigenvalue weighted by molar-refractivity contribution is -0.133. The zero-order valence-corrected chi connectivity index (χ0v) is 24.5. The first-order chi connectivity index (χ1) is 20.6. The quantitative estimate of drug-likeness (QED) is 0.184. The van der Waals surface area contributed by atoms with Crippen LogP contribution in [0.4, 0.5) is 0 Å². The second kappa shape index (κ2) is 12.7. The number of hydrogen-bond donors (Lipinski definition) is 0. The smallest absolute Gasteiger partial charge is 0.227 e. The number of rotatable bonds is 9. The van der Waals surface area contributed by atoms with Crippen LogP contribution < -0.4 is 4.74 Å². The molecule has 1 saturated carbocycles. The SMILES string of the molecule is COc1ccc(-c2nc(-c3ccncc3)nn2CCN(C(=O)Cc2cccc3ccccc23)C2CCCCC2)cc1Cl. The molecule has 1 fully saturated rings. The Morgan fingerprint density at radius 2 is 1.76 bits per heavy atom. The highest BCUT2D eigenvalue weighted by Gasteiger charge is 2.26. The van der Waals surface area contributed by atoms with E-state index >= 15 is 0 Å². The summed E-state index contributed by atoms with van der Waals surface area (Å²) in [6, 6.07) is 24.1. The molecule has 6 rings (SSSR count). The van der Waals surface area contributed by atoms with E-state index in [1.54, 1.807) is 19.5 Å². The van der Waals surface area contributed by atoms with Gasteiger partial charge in [0.1, 0.15) is 5.75 Å². The number of nitrogens with zero attached hydrogens (tertiary/aromatic N) is 5. The lowest BCUT2D eigenvalue weighted by Crippen LogP contribution is -2.44. The molecule has 2 heterocycles. The minimum Gasteiger partial charge on any atom is -0.495 e. The molecule has 1 aliphatic carbocycles. The van der Waals surface area contributed by atoms with Gasteiger partial charge in [0.2, 0.25) is 5.91 Å². The standard InChI is InChI=1S/C34H34ClN5O2/c1-42-31-15-14-27(22-30(31)35)34-37-33(25-16-18-36-19-17-25)38-40(34)21-20-39(28-11-3-2-4-12-28)32(41)23-26-10-7-9-24-8-5-6-13-29(24)26/h5-10,13-19,22,28H,2-4,11-12,20-21,23H2,1H3. The number of aromatic nitrogens is 4. The van der Waals surface area contributed by atoms with E-state index in [0.29, 0.717) is 41.9 Å². The van der Waals surface area contributed by atoms with E-state index in [0.717, 1.165) is 53.1 Å². The van der Waals surface area contributed by atoms with E-state index in [9.17, 15) is 4.79 Å². The summed E-state index contributed by atoms with van der Waals surface area (Å²) in [5.74, 6) is 2.05. The van der Waals surface area contributed by atoms with Crippen LogP contribution in [-0.4, -0.2) is 50.3 Å². The third-order valence-corrected chi connectivity index (χ3v) is 8.43. The molecular formula is C34H34ClN5O2. The fourth-order valence-corrected chi connectivity index (χ4v) is 6.22. The van der Waals surface area contributed by atoms with Crippen LogP contribution in [0.15, 0.2) is 85.2 Å². The van der Waals surface area contributed by atoms with E-state index < -0.39 is 0 Å². The second-order valence-corrected chi connectivity index (χ2v) is 11.2. The van der Waals surface area contributed by atoms with Crippen LogP contribution in [0.3, 0.4) is 0 Å². The van der Waals surface area contributed by atoms with Gasteiger partial charge in [-0.15, -0.1) is 0 Å². The van der Waals surface area contributed by atoms with Crippen molar-refractivity contribution >= 4 is 28.3 Å². The van der Waals surface area contributed by atoms with Crippen molar-refractivity contribution in [1.82, 2.24) is 24.6 Å². The summed E-state index contributed by atoms with van der Waals surface area (Å²) in [5, 5.41) is 7.69. The molecule has 0 radical (unpaired) electrons. The Bertz CT molecular complexity index is 1680.